The summed E-state index contributed by atoms with van der Waals surface area (Å²) < 4.78 is 16.2. The molecule has 2 aromatic carbocycles. The van der Waals surface area contributed by atoms with Crippen molar-refractivity contribution in [1.29, 1.82) is 0 Å². The number of hydrogen-bond donors (Lipinski definition) is 0. The van der Waals surface area contributed by atoms with Crippen LogP contribution in [0.15, 0.2) is 53.0 Å². The summed E-state index contributed by atoms with van der Waals surface area (Å²) in [6.45, 7) is 2.34. The van der Waals surface area contributed by atoms with Gasteiger partial charge < -0.3 is 0 Å². The van der Waals surface area contributed by atoms with Gasteiger partial charge >= 0.3 is 0 Å². The molecule has 2 heterocycles. The molecule has 122 valence electrons. The van der Waals surface area contributed by atoms with Crippen LogP contribution in [0, 0.1) is 5.82 Å². The van der Waals surface area contributed by atoms with Crippen LogP contribution >= 0.6 is 15.9 Å². The van der Waals surface area contributed by atoms with Crippen molar-refractivity contribution in [2.45, 2.75) is 19.1 Å². The van der Waals surface area contributed by atoms with Gasteiger partial charge in [-0.15, -0.1) is 5.10 Å². The lowest BCUT2D eigenvalue weighted by Gasteiger charge is -2.34. The Balaban J connectivity index is 1.71. The van der Waals surface area contributed by atoms with E-state index < -0.39 is 0 Å². The zero-order valence-corrected chi connectivity index (χ0v) is 14.4. The Kier molecular flexibility index (Phi) is 4.12. The standard InChI is InChI=1S/C17H15BrFN5/c18-14-3-1-2-12(10-14)11-23-8-9-24-17(20-21-22-24)16(23)13-4-6-15(19)7-5-13/h1-7,10,16H,8-9,11H2/t16-/m1/s1. The Morgan fingerprint density at radius 3 is 2.75 bits per heavy atom. The zero-order chi connectivity index (χ0) is 16.5. The Morgan fingerprint density at radius 1 is 1.12 bits per heavy atom. The fourth-order valence-corrected chi connectivity index (χ4v) is 3.57. The largest absolute Gasteiger partial charge is 0.284 e. The van der Waals surface area contributed by atoms with Crippen molar-refractivity contribution in [2.24, 2.45) is 0 Å². The summed E-state index contributed by atoms with van der Waals surface area (Å²) in [6.07, 6.45) is 0. The lowest BCUT2D eigenvalue weighted by atomic mass is 10.0. The van der Waals surface area contributed by atoms with Gasteiger partial charge in [0.2, 0.25) is 0 Å². The summed E-state index contributed by atoms with van der Waals surface area (Å²) in [5.74, 6) is 0.551. The fourth-order valence-electron chi connectivity index (χ4n) is 3.13. The molecule has 0 aliphatic carbocycles. The second-order valence-electron chi connectivity index (χ2n) is 5.81. The summed E-state index contributed by atoms with van der Waals surface area (Å²) >= 11 is 3.52. The van der Waals surface area contributed by atoms with Gasteiger partial charge in [-0.05, 0) is 45.8 Å². The summed E-state index contributed by atoms with van der Waals surface area (Å²) in [7, 11) is 0. The molecule has 0 saturated carbocycles. The van der Waals surface area contributed by atoms with Crippen LogP contribution in [0.25, 0.3) is 0 Å². The third-order valence-corrected chi connectivity index (χ3v) is 4.72. The van der Waals surface area contributed by atoms with Gasteiger partial charge in [-0.1, -0.05) is 40.2 Å². The maximum absolute atomic E-state index is 13.3. The van der Waals surface area contributed by atoms with Gasteiger partial charge in [-0.3, -0.25) is 4.90 Å². The molecule has 0 radical (unpaired) electrons. The number of rotatable bonds is 3. The normalized spacial score (nSPS) is 17.7. The van der Waals surface area contributed by atoms with Crippen LogP contribution in [0.3, 0.4) is 0 Å². The summed E-state index contributed by atoms with van der Waals surface area (Å²) in [6, 6.07) is 14.7. The lowest BCUT2D eigenvalue weighted by Crippen LogP contribution is -2.39. The van der Waals surface area contributed by atoms with Gasteiger partial charge in [0.1, 0.15) is 5.82 Å². The number of aromatic nitrogens is 4. The number of nitrogens with zero attached hydrogens (tertiary/aromatic N) is 5. The van der Waals surface area contributed by atoms with E-state index in [-0.39, 0.29) is 11.9 Å². The smallest absolute Gasteiger partial charge is 0.173 e. The molecule has 3 aromatic rings. The van der Waals surface area contributed by atoms with E-state index in [1.165, 1.54) is 17.7 Å². The summed E-state index contributed by atoms with van der Waals surface area (Å²) in [5, 5.41) is 12.1. The maximum Gasteiger partial charge on any atom is 0.173 e. The highest BCUT2D eigenvalue weighted by molar-refractivity contribution is 9.10. The highest BCUT2D eigenvalue weighted by Gasteiger charge is 2.31. The Bertz CT molecular complexity index is 848. The first-order chi connectivity index (χ1) is 11.7. The van der Waals surface area contributed by atoms with Crippen LogP contribution in [0.2, 0.25) is 0 Å². The molecule has 0 bridgehead atoms. The minimum absolute atomic E-state index is 0.0895. The Morgan fingerprint density at radius 2 is 1.96 bits per heavy atom. The first-order valence-electron chi connectivity index (χ1n) is 7.71. The number of hydrogen-bond acceptors (Lipinski definition) is 4. The second-order valence-corrected chi connectivity index (χ2v) is 6.73. The topological polar surface area (TPSA) is 46.8 Å². The molecule has 4 rings (SSSR count). The first kappa shape index (κ1) is 15.4. The fraction of sp³-hybridized carbons (Fsp3) is 0.235. The monoisotopic (exact) mass is 387 g/mol. The molecule has 0 fully saturated rings. The predicted octanol–water partition coefficient (Wildman–Crippen LogP) is 3.18. The molecule has 0 N–H and O–H groups in total. The van der Waals surface area contributed by atoms with Crippen molar-refractivity contribution in [2.75, 3.05) is 6.54 Å². The van der Waals surface area contributed by atoms with Gasteiger partial charge in [0.05, 0.1) is 12.6 Å². The highest BCUT2D eigenvalue weighted by atomic mass is 79.9. The number of halogens is 2. The minimum atomic E-state index is -0.243. The average molecular weight is 388 g/mol. The second kappa shape index (κ2) is 6.41. The SMILES string of the molecule is Fc1ccc([C@@H]2c3nnnn3CCN2Cc2cccc(Br)c2)cc1. The van der Waals surface area contributed by atoms with Crippen LogP contribution in [0.1, 0.15) is 23.0 Å². The van der Waals surface area contributed by atoms with Gasteiger partial charge in [0, 0.05) is 17.6 Å². The van der Waals surface area contributed by atoms with Crippen molar-refractivity contribution in [1.82, 2.24) is 25.1 Å². The van der Waals surface area contributed by atoms with Crippen molar-refractivity contribution in [3.63, 3.8) is 0 Å². The van der Waals surface area contributed by atoms with E-state index in [0.717, 1.165) is 35.5 Å². The molecule has 0 amide bonds. The molecule has 0 spiro atoms. The van der Waals surface area contributed by atoms with E-state index in [0.29, 0.717) is 0 Å². The van der Waals surface area contributed by atoms with E-state index in [4.69, 9.17) is 0 Å². The van der Waals surface area contributed by atoms with Crippen LogP contribution < -0.4 is 0 Å². The van der Waals surface area contributed by atoms with E-state index in [2.05, 4.69) is 48.5 Å². The third-order valence-electron chi connectivity index (χ3n) is 4.23. The van der Waals surface area contributed by atoms with Gasteiger partial charge in [0.25, 0.3) is 0 Å². The molecular formula is C17H15BrFN5. The molecule has 1 aliphatic rings. The van der Waals surface area contributed by atoms with Crippen LogP contribution in [-0.2, 0) is 13.1 Å². The van der Waals surface area contributed by atoms with E-state index in [9.17, 15) is 4.39 Å². The first-order valence-corrected chi connectivity index (χ1v) is 8.50. The molecule has 7 heteroatoms. The van der Waals surface area contributed by atoms with Gasteiger partial charge in [-0.2, -0.15) is 0 Å². The van der Waals surface area contributed by atoms with Crippen molar-refractivity contribution in [3.05, 3.63) is 75.8 Å². The van der Waals surface area contributed by atoms with E-state index in [1.54, 1.807) is 12.1 Å². The maximum atomic E-state index is 13.3. The summed E-state index contributed by atoms with van der Waals surface area (Å²) in [4.78, 5) is 2.32. The van der Waals surface area contributed by atoms with E-state index in [1.807, 2.05) is 16.8 Å². The Labute approximate surface area is 147 Å². The number of fused-ring (bicyclic) bond motifs is 1. The van der Waals surface area contributed by atoms with Crippen molar-refractivity contribution < 1.29 is 4.39 Å². The number of tetrazole rings is 1. The lowest BCUT2D eigenvalue weighted by molar-refractivity contribution is 0.164. The van der Waals surface area contributed by atoms with Gasteiger partial charge in [-0.25, -0.2) is 9.07 Å². The molecule has 5 nitrogen and oxygen atoms in total. The van der Waals surface area contributed by atoms with Crippen molar-refractivity contribution >= 4 is 15.9 Å². The molecule has 0 saturated heterocycles. The average Bonchev–Trinajstić information content (AvgIpc) is 3.04. The molecule has 0 unspecified atom stereocenters. The number of benzene rings is 2. The van der Waals surface area contributed by atoms with E-state index >= 15 is 0 Å². The quantitative estimate of drug-likeness (QED) is 0.692. The van der Waals surface area contributed by atoms with Crippen LogP contribution in [0.5, 0.6) is 0 Å². The Hall–Kier alpha value is -2.12. The molecule has 24 heavy (non-hydrogen) atoms. The molecule has 1 atom stereocenters. The van der Waals surface area contributed by atoms with Crippen molar-refractivity contribution in [3.8, 4) is 0 Å². The highest BCUT2D eigenvalue weighted by Crippen LogP contribution is 2.31. The van der Waals surface area contributed by atoms with Gasteiger partial charge in [0.15, 0.2) is 5.82 Å². The van der Waals surface area contributed by atoms with Crippen LogP contribution in [-0.4, -0.2) is 31.7 Å². The summed E-state index contributed by atoms with van der Waals surface area (Å²) in [5.41, 5.74) is 2.19. The molecule has 1 aliphatic heterocycles. The minimum Gasteiger partial charge on any atom is -0.284 e. The zero-order valence-electron chi connectivity index (χ0n) is 12.8. The van der Waals surface area contributed by atoms with Crippen LogP contribution in [0.4, 0.5) is 4.39 Å². The predicted molar refractivity (Wildman–Crippen MR) is 90.6 cm³/mol. The molecular weight excluding hydrogens is 373 g/mol. The third kappa shape index (κ3) is 2.97. The molecule has 1 aromatic heterocycles.